The Morgan fingerprint density at radius 3 is 3.11 bits per heavy atom. The topological polar surface area (TPSA) is 38.1 Å². The Kier molecular flexibility index (Phi) is 3.08. The Labute approximate surface area is 108 Å². The molecule has 2 heterocycles. The second kappa shape index (κ2) is 4.73. The van der Waals surface area contributed by atoms with Crippen molar-refractivity contribution in [2.75, 3.05) is 6.54 Å². The zero-order valence-electron chi connectivity index (χ0n) is 11.1. The van der Waals surface area contributed by atoms with E-state index in [-0.39, 0.29) is 6.04 Å². The number of rotatable bonds is 2. The number of aryl methyl sites for hydroxylation is 1. The number of aromatic nitrogens is 1. The highest BCUT2D eigenvalue weighted by Gasteiger charge is 2.26. The minimum atomic E-state index is 0.274. The van der Waals surface area contributed by atoms with Gasteiger partial charge in [-0.1, -0.05) is 19.9 Å². The van der Waals surface area contributed by atoms with E-state index in [1.807, 2.05) is 6.07 Å². The zero-order valence-corrected chi connectivity index (χ0v) is 11.1. The Morgan fingerprint density at radius 1 is 1.44 bits per heavy atom. The molecule has 3 heteroatoms. The van der Waals surface area contributed by atoms with E-state index in [0.29, 0.717) is 5.92 Å². The van der Waals surface area contributed by atoms with Gasteiger partial charge in [-0.05, 0) is 49.4 Å². The number of hydrogen-bond donors (Lipinski definition) is 1. The summed E-state index contributed by atoms with van der Waals surface area (Å²) in [5.74, 6) is 1.45. The molecule has 1 fully saturated rings. The van der Waals surface area contributed by atoms with E-state index in [1.54, 1.807) is 0 Å². The van der Waals surface area contributed by atoms with Crippen LogP contribution in [0, 0.1) is 5.92 Å². The summed E-state index contributed by atoms with van der Waals surface area (Å²) in [6.45, 7) is 5.49. The highest BCUT2D eigenvalue weighted by Crippen LogP contribution is 2.30. The van der Waals surface area contributed by atoms with Crippen molar-refractivity contribution >= 4 is 11.1 Å². The lowest BCUT2D eigenvalue weighted by Crippen LogP contribution is -2.32. The number of fused-ring (bicyclic) bond motifs is 1. The second-order valence-electron chi connectivity index (χ2n) is 5.26. The fraction of sp³-hybridized carbons (Fsp3) is 0.533. The predicted molar refractivity (Wildman–Crippen MR) is 72.5 cm³/mol. The van der Waals surface area contributed by atoms with Gasteiger partial charge < -0.3 is 9.73 Å². The summed E-state index contributed by atoms with van der Waals surface area (Å²) in [5.41, 5.74) is 3.21. The molecule has 1 aromatic heterocycles. The zero-order chi connectivity index (χ0) is 12.5. The van der Waals surface area contributed by atoms with Gasteiger partial charge in [0.15, 0.2) is 5.58 Å². The first-order chi connectivity index (χ1) is 8.78. The third-order valence-electron chi connectivity index (χ3n) is 3.91. The van der Waals surface area contributed by atoms with Crippen molar-refractivity contribution in [2.24, 2.45) is 5.92 Å². The Balaban J connectivity index is 1.97. The first kappa shape index (κ1) is 11.7. The van der Waals surface area contributed by atoms with Crippen LogP contribution in [-0.4, -0.2) is 11.5 Å². The smallest absolute Gasteiger partial charge is 0.212 e. The monoisotopic (exact) mass is 244 g/mol. The van der Waals surface area contributed by atoms with Crippen LogP contribution in [0.4, 0.5) is 0 Å². The third kappa shape index (κ3) is 2.03. The Bertz CT molecular complexity index is 546. The lowest BCUT2D eigenvalue weighted by molar-refractivity contribution is 0.264. The number of oxazole rings is 1. The Morgan fingerprint density at radius 2 is 2.33 bits per heavy atom. The van der Waals surface area contributed by atoms with Crippen LogP contribution in [0.3, 0.4) is 0 Å². The standard InChI is InChI=1S/C15H20N2O/c1-3-11-6-7-13-12(9-11)17-15(18-13)14-10(2)5-4-8-16-14/h6-7,9-10,14,16H,3-5,8H2,1-2H3. The van der Waals surface area contributed by atoms with E-state index in [1.165, 1.54) is 18.4 Å². The summed E-state index contributed by atoms with van der Waals surface area (Å²) in [7, 11) is 0. The number of hydrogen-bond acceptors (Lipinski definition) is 3. The van der Waals surface area contributed by atoms with Crippen LogP contribution < -0.4 is 5.32 Å². The molecule has 2 atom stereocenters. The van der Waals surface area contributed by atoms with Crippen molar-refractivity contribution in [1.82, 2.24) is 10.3 Å². The maximum absolute atomic E-state index is 5.90. The second-order valence-corrected chi connectivity index (χ2v) is 5.26. The van der Waals surface area contributed by atoms with E-state index in [2.05, 4.69) is 36.3 Å². The molecule has 96 valence electrons. The molecule has 0 saturated carbocycles. The molecule has 2 unspecified atom stereocenters. The molecule has 1 aliphatic rings. The summed E-state index contributed by atoms with van der Waals surface area (Å²) in [6, 6.07) is 6.57. The van der Waals surface area contributed by atoms with Gasteiger partial charge in [0.2, 0.25) is 5.89 Å². The maximum Gasteiger partial charge on any atom is 0.212 e. The van der Waals surface area contributed by atoms with Crippen molar-refractivity contribution in [3.05, 3.63) is 29.7 Å². The minimum absolute atomic E-state index is 0.274. The molecule has 18 heavy (non-hydrogen) atoms. The van der Waals surface area contributed by atoms with E-state index in [4.69, 9.17) is 4.42 Å². The summed E-state index contributed by atoms with van der Waals surface area (Å²) in [4.78, 5) is 4.67. The molecule has 1 saturated heterocycles. The molecule has 0 aliphatic carbocycles. The van der Waals surface area contributed by atoms with Crippen LogP contribution >= 0.6 is 0 Å². The maximum atomic E-state index is 5.90. The van der Waals surface area contributed by atoms with Crippen molar-refractivity contribution in [3.63, 3.8) is 0 Å². The van der Waals surface area contributed by atoms with E-state index in [9.17, 15) is 0 Å². The molecule has 0 radical (unpaired) electrons. The average Bonchev–Trinajstić information content (AvgIpc) is 2.81. The molecule has 2 aromatic rings. The first-order valence-electron chi connectivity index (χ1n) is 6.90. The molecule has 1 aromatic carbocycles. The van der Waals surface area contributed by atoms with Gasteiger partial charge in [-0.25, -0.2) is 4.98 Å². The Hall–Kier alpha value is -1.35. The molecule has 0 spiro atoms. The highest BCUT2D eigenvalue weighted by atomic mass is 16.3. The van der Waals surface area contributed by atoms with Gasteiger partial charge >= 0.3 is 0 Å². The summed E-state index contributed by atoms with van der Waals surface area (Å²) >= 11 is 0. The van der Waals surface area contributed by atoms with Crippen molar-refractivity contribution < 1.29 is 4.42 Å². The fourth-order valence-corrected chi connectivity index (χ4v) is 2.72. The van der Waals surface area contributed by atoms with E-state index in [0.717, 1.165) is 30.0 Å². The quantitative estimate of drug-likeness (QED) is 0.879. The molecular formula is C15H20N2O. The van der Waals surface area contributed by atoms with Crippen LogP contribution in [-0.2, 0) is 6.42 Å². The van der Waals surface area contributed by atoms with Gasteiger partial charge in [0.1, 0.15) is 5.52 Å². The summed E-state index contributed by atoms with van der Waals surface area (Å²) in [6.07, 6.45) is 3.53. The lowest BCUT2D eigenvalue weighted by atomic mass is 9.93. The molecule has 3 nitrogen and oxygen atoms in total. The number of nitrogens with zero attached hydrogens (tertiary/aromatic N) is 1. The van der Waals surface area contributed by atoms with Gasteiger partial charge in [0.05, 0.1) is 6.04 Å². The number of piperidine rings is 1. The number of benzene rings is 1. The van der Waals surface area contributed by atoms with Crippen LogP contribution in [0.25, 0.3) is 11.1 Å². The van der Waals surface area contributed by atoms with Crippen molar-refractivity contribution in [2.45, 2.75) is 39.2 Å². The molecule has 0 amide bonds. The first-order valence-corrected chi connectivity index (χ1v) is 6.90. The molecular weight excluding hydrogens is 224 g/mol. The molecule has 1 N–H and O–H groups in total. The van der Waals surface area contributed by atoms with Crippen molar-refractivity contribution in [1.29, 1.82) is 0 Å². The van der Waals surface area contributed by atoms with Gasteiger partial charge in [0.25, 0.3) is 0 Å². The van der Waals surface area contributed by atoms with Gasteiger partial charge in [-0.15, -0.1) is 0 Å². The highest BCUT2D eigenvalue weighted by molar-refractivity contribution is 5.73. The summed E-state index contributed by atoms with van der Waals surface area (Å²) < 4.78 is 5.90. The van der Waals surface area contributed by atoms with Crippen molar-refractivity contribution in [3.8, 4) is 0 Å². The van der Waals surface area contributed by atoms with E-state index < -0.39 is 0 Å². The van der Waals surface area contributed by atoms with Gasteiger partial charge in [-0.3, -0.25) is 0 Å². The third-order valence-corrected chi connectivity index (χ3v) is 3.91. The average molecular weight is 244 g/mol. The van der Waals surface area contributed by atoms with Crippen LogP contribution in [0.15, 0.2) is 22.6 Å². The van der Waals surface area contributed by atoms with Gasteiger partial charge in [-0.2, -0.15) is 0 Å². The van der Waals surface area contributed by atoms with Crippen LogP contribution in [0.2, 0.25) is 0 Å². The number of nitrogens with one attached hydrogen (secondary N) is 1. The largest absolute Gasteiger partial charge is 0.439 e. The van der Waals surface area contributed by atoms with Crippen LogP contribution in [0.5, 0.6) is 0 Å². The molecule has 3 rings (SSSR count). The predicted octanol–water partition coefficient (Wildman–Crippen LogP) is 3.45. The normalized spacial score (nSPS) is 24.6. The molecule has 0 bridgehead atoms. The lowest BCUT2D eigenvalue weighted by Gasteiger charge is -2.27. The van der Waals surface area contributed by atoms with Gasteiger partial charge in [0, 0.05) is 0 Å². The summed E-state index contributed by atoms with van der Waals surface area (Å²) in [5, 5.41) is 3.52. The van der Waals surface area contributed by atoms with E-state index >= 15 is 0 Å². The van der Waals surface area contributed by atoms with Crippen LogP contribution in [0.1, 0.15) is 44.2 Å². The molecule has 1 aliphatic heterocycles. The minimum Gasteiger partial charge on any atom is -0.439 e. The SMILES string of the molecule is CCc1ccc2oc(C3NCCCC3C)nc2c1. The fourth-order valence-electron chi connectivity index (χ4n) is 2.72.